The van der Waals surface area contributed by atoms with Crippen LogP contribution in [0.3, 0.4) is 0 Å². The number of hydrogen-bond donors (Lipinski definition) is 1. The van der Waals surface area contributed by atoms with Gasteiger partial charge in [-0.05, 0) is 43.4 Å². The molecule has 21 heavy (non-hydrogen) atoms. The lowest BCUT2D eigenvalue weighted by atomic mass is 10.1. The first-order chi connectivity index (χ1) is 9.99. The van der Waals surface area contributed by atoms with Crippen molar-refractivity contribution < 1.29 is 4.79 Å². The standard InChI is InChI=1S/C17H25ClN2O/c1-12(2)9-10-20(14-5-3-4-6-14)17(21)15-8-7-13(18)11-16(15)19/h7-8,11-12,14H,3-6,9-10,19H2,1-2H3. The van der Waals surface area contributed by atoms with E-state index in [1.807, 2.05) is 4.90 Å². The summed E-state index contributed by atoms with van der Waals surface area (Å²) in [6.45, 7) is 5.19. The first-order valence-electron chi connectivity index (χ1n) is 7.85. The Kier molecular flexibility index (Phi) is 5.51. The predicted octanol–water partition coefficient (Wildman–Crippen LogP) is 4.35. The van der Waals surface area contributed by atoms with Crippen LogP contribution in [0.4, 0.5) is 5.69 Å². The van der Waals surface area contributed by atoms with Crippen molar-refractivity contribution in [3.8, 4) is 0 Å². The van der Waals surface area contributed by atoms with E-state index in [1.54, 1.807) is 18.2 Å². The van der Waals surface area contributed by atoms with Crippen molar-refractivity contribution in [1.29, 1.82) is 0 Å². The van der Waals surface area contributed by atoms with Gasteiger partial charge in [0.1, 0.15) is 0 Å². The Morgan fingerprint density at radius 2 is 2.05 bits per heavy atom. The number of carbonyl (C=O) groups is 1. The fourth-order valence-electron chi connectivity index (χ4n) is 2.95. The minimum Gasteiger partial charge on any atom is -0.398 e. The van der Waals surface area contributed by atoms with Crippen LogP contribution in [0, 0.1) is 5.92 Å². The summed E-state index contributed by atoms with van der Waals surface area (Å²) in [6.07, 6.45) is 5.67. The minimum atomic E-state index is 0.0525. The minimum absolute atomic E-state index is 0.0525. The van der Waals surface area contributed by atoms with Gasteiger partial charge in [0, 0.05) is 23.3 Å². The number of benzene rings is 1. The quantitative estimate of drug-likeness (QED) is 0.822. The third-order valence-corrected chi connectivity index (χ3v) is 4.45. The molecule has 2 N–H and O–H groups in total. The molecule has 0 heterocycles. The zero-order valence-corrected chi connectivity index (χ0v) is 13.7. The maximum absolute atomic E-state index is 12.9. The molecular weight excluding hydrogens is 284 g/mol. The Labute approximate surface area is 132 Å². The van der Waals surface area contributed by atoms with Crippen molar-refractivity contribution in [2.75, 3.05) is 12.3 Å². The molecule has 116 valence electrons. The number of nitrogens with two attached hydrogens (primary N) is 1. The van der Waals surface area contributed by atoms with Crippen molar-refractivity contribution in [1.82, 2.24) is 4.90 Å². The molecule has 1 aromatic carbocycles. The van der Waals surface area contributed by atoms with Gasteiger partial charge in [-0.25, -0.2) is 0 Å². The lowest BCUT2D eigenvalue weighted by Gasteiger charge is -2.30. The van der Waals surface area contributed by atoms with Crippen LogP contribution in [-0.2, 0) is 0 Å². The molecule has 1 aromatic rings. The maximum atomic E-state index is 12.9. The molecule has 1 amide bonds. The zero-order chi connectivity index (χ0) is 15.4. The van der Waals surface area contributed by atoms with Gasteiger partial charge in [-0.3, -0.25) is 4.79 Å². The molecule has 1 saturated carbocycles. The molecule has 0 aromatic heterocycles. The van der Waals surface area contributed by atoms with Crippen LogP contribution >= 0.6 is 11.6 Å². The van der Waals surface area contributed by atoms with Crippen LogP contribution < -0.4 is 5.73 Å². The molecule has 0 bridgehead atoms. The second kappa shape index (κ2) is 7.17. The number of anilines is 1. The summed E-state index contributed by atoms with van der Waals surface area (Å²) < 4.78 is 0. The van der Waals surface area contributed by atoms with E-state index in [2.05, 4.69) is 13.8 Å². The smallest absolute Gasteiger partial charge is 0.256 e. The second-order valence-corrected chi connectivity index (χ2v) is 6.79. The summed E-state index contributed by atoms with van der Waals surface area (Å²) in [5.74, 6) is 0.640. The molecule has 1 fully saturated rings. The van der Waals surface area contributed by atoms with Crippen molar-refractivity contribution in [3.05, 3.63) is 28.8 Å². The summed E-state index contributed by atoms with van der Waals surface area (Å²) in [5, 5.41) is 0.568. The van der Waals surface area contributed by atoms with E-state index in [-0.39, 0.29) is 5.91 Å². The molecule has 0 atom stereocenters. The molecule has 1 aliphatic rings. The van der Waals surface area contributed by atoms with E-state index >= 15 is 0 Å². The molecule has 3 nitrogen and oxygen atoms in total. The highest BCUT2D eigenvalue weighted by Crippen LogP contribution is 2.27. The molecule has 0 radical (unpaired) electrons. The van der Waals surface area contributed by atoms with Crippen molar-refractivity contribution >= 4 is 23.2 Å². The Hall–Kier alpha value is -1.22. The molecule has 2 rings (SSSR count). The Morgan fingerprint density at radius 1 is 1.38 bits per heavy atom. The molecule has 0 unspecified atom stereocenters. The fourth-order valence-corrected chi connectivity index (χ4v) is 3.13. The Morgan fingerprint density at radius 3 is 2.62 bits per heavy atom. The normalized spacial score (nSPS) is 15.6. The third kappa shape index (κ3) is 4.13. The third-order valence-electron chi connectivity index (χ3n) is 4.22. The summed E-state index contributed by atoms with van der Waals surface area (Å²) in [7, 11) is 0. The van der Waals surface area contributed by atoms with Gasteiger partial charge in [-0.15, -0.1) is 0 Å². The lowest BCUT2D eigenvalue weighted by Crippen LogP contribution is -2.40. The van der Waals surface area contributed by atoms with Gasteiger partial charge in [0.2, 0.25) is 0 Å². The van der Waals surface area contributed by atoms with E-state index in [9.17, 15) is 4.79 Å². The van der Waals surface area contributed by atoms with Crippen LogP contribution in [0.15, 0.2) is 18.2 Å². The maximum Gasteiger partial charge on any atom is 0.256 e. The van der Waals surface area contributed by atoms with Crippen molar-refractivity contribution in [2.45, 2.75) is 52.0 Å². The summed E-state index contributed by atoms with van der Waals surface area (Å²) in [5.41, 5.74) is 7.03. The van der Waals surface area contributed by atoms with Gasteiger partial charge in [0.05, 0.1) is 5.56 Å². The molecular formula is C17H25ClN2O. The van der Waals surface area contributed by atoms with Gasteiger partial charge in [-0.2, -0.15) is 0 Å². The van der Waals surface area contributed by atoms with E-state index in [4.69, 9.17) is 17.3 Å². The first-order valence-corrected chi connectivity index (χ1v) is 8.23. The fraction of sp³-hybridized carbons (Fsp3) is 0.588. The number of nitrogen functional groups attached to an aromatic ring is 1. The SMILES string of the molecule is CC(C)CCN(C(=O)c1ccc(Cl)cc1N)C1CCCC1. The highest BCUT2D eigenvalue weighted by atomic mass is 35.5. The number of carbonyl (C=O) groups excluding carboxylic acids is 1. The van der Waals surface area contributed by atoms with Crippen LogP contribution in [0.2, 0.25) is 5.02 Å². The van der Waals surface area contributed by atoms with E-state index in [1.165, 1.54) is 12.8 Å². The van der Waals surface area contributed by atoms with Crippen LogP contribution in [0.1, 0.15) is 56.3 Å². The highest BCUT2D eigenvalue weighted by Gasteiger charge is 2.28. The average molecular weight is 309 g/mol. The Bertz CT molecular complexity index is 496. The van der Waals surface area contributed by atoms with Crippen molar-refractivity contribution in [3.63, 3.8) is 0 Å². The van der Waals surface area contributed by atoms with Gasteiger partial charge < -0.3 is 10.6 Å². The number of rotatable bonds is 5. The van der Waals surface area contributed by atoms with Crippen LogP contribution in [0.5, 0.6) is 0 Å². The second-order valence-electron chi connectivity index (χ2n) is 6.35. The highest BCUT2D eigenvalue weighted by molar-refractivity contribution is 6.31. The summed E-state index contributed by atoms with van der Waals surface area (Å²) in [4.78, 5) is 14.9. The topological polar surface area (TPSA) is 46.3 Å². The van der Waals surface area contributed by atoms with Crippen LogP contribution in [-0.4, -0.2) is 23.4 Å². The monoisotopic (exact) mass is 308 g/mol. The number of hydrogen-bond acceptors (Lipinski definition) is 2. The van der Waals surface area contributed by atoms with Gasteiger partial charge >= 0.3 is 0 Å². The number of halogens is 1. The molecule has 0 aliphatic heterocycles. The lowest BCUT2D eigenvalue weighted by molar-refractivity contribution is 0.0673. The van der Waals surface area contributed by atoms with E-state index in [0.717, 1.165) is 25.8 Å². The average Bonchev–Trinajstić information content (AvgIpc) is 2.92. The number of nitrogens with zero attached hydrogens (tertiary/aromatic N) is 1. The molecule has 0 spiro atoms. The number of amides is 1. The largest absolute Gasteiger partial charge is 0.398 e. The van der Waals surface area contributed by atoms with Gasteiger partial charge in [0.25, 0.3) is 5.91 Å². The van der Waals surface area contributed by atoms with E-state index in [0.29, 0.717) is 28.2 Å². The predicted molar refractivity (Wildman–Crippen MR) is 88.6 cm³/mol. The Balaban J connectivity index is 2.19. The van der Waals surface area contributed by atoms with Gasteiger partial charge in [0.15, 0.2) is 0 Å². The summed E-state index contributed by atoms with van der Waals surface area (Å²) in [6, 6.07) is 5.51. The van der Waals surface area contributed by atoms with Crippen LogP contribution in [0.25, 0.3) is 0 Å². The van der Waals surface area contributed by atoms with E-state index < -0.39 is 0 Å². The zero-order valence-electron chi connectivity index (χ0n) is 12.9. The summed E-state index contributed by atoms with van der Waals surface area (Å²) >= 11 is 5.93. The first kappa shape index (κ1) is 16.2. The molecule has 0 saturated heterocycles. The van der Waals surface area contributed by atoms with Crippen molar-refractivity contribution in [2.24, 2.45) is 5.92 Å². The van der Waals surface area contributed by atoms with Gasteiger partial charge in [-0.1, -0.05) is 38.3 Å². The molecule has 1 aliphatic carbocycles. The molecule has 4 heteroatoms.